The maximum atomic E-state index is 5.72. The third kappa shape index (κ3) is 2.95. The number of rotatable bonds is 3. The van der Waals surface area contributed by atoms with E-state index in [4.69, 9.17) is 11.6 Å². The number of halogens is 1. The van der Waals surface area contributed by atoms with Crippen LogP contribution in [0, 0.1) is 0 Å². The van der Waals surface area contributed by atoms with Crippen LogP contribution in [0.5, 0.6) is 0 Å². The molecule has 0 radical (unpaired) electrons. The molecule has 1 aromatic rings. The molecule has 0 unspecified atom stereocenters. The second-order valence-electron chi connectivity index (χ2n) is 2.72. The van der Waals surface area contributed by atoms with E-state index in [1.165, 1.54) is 0 Å². The van der Waals surface area contributed by atoms with E-state index >= 15 is 0 Å². The summed E-state index contributed by atoms with van der Waals surface area (Å²) in [4.78, 5) is 0. The lowest BCUT2D eigenvalue weighted by Gasteiger charge is -2.02. The second kappa shape index (κ2) is 4.71. The predicted octanol–water partition coefficient (Wildman–Crippen LogP) is 4.00. The van der Waals surface area contributed by atoms with Crippen molar-refractivity contribution in [2.24, 2.45) is 0 Å². The zero-order chi connectivity index (χ0) is 9.68. The smallest absolute Gasteiger partial charge is 0.0159 e. The largest absolute Gasteiger partial charge is 0.124 e. The van der Waals surface area contributed by atoms with Crippen LogP contribution in [0.25, 0.3) is 5.57 Å². The zero-order valence-corrected chi connectivity index (χ0v) is 8.14. The standard InChI is InChI=1S/C12H11Cl/c1-3-11(9-10(2)13)12-7-5-4-6-8-12/h4-8H,1-2,9H2. The average Bonchev–Trinajstić information content (AvgIpc) is 2.15. The van der Waals surface area contributed by atoms with Gasteiger partial charge in [-0.15, -0.1) is 5.73 Å². The van der Waals surface area contributed by atoms with Crippen molar-refractivity contribution in [3.05, 3.63) is 59.8 Å². The van der Waals surface area contributed by atoms with Crippen LogP contribution in [0.3, 0.4) is 0 Å². The van der Waals surface area contributed by atoms with Crippen LogP contribution in [0.15, 0.2) is 54.3 Å². The number of benzene rings is 1. The van der Waals surface area contributed by atoms with Crippen LogP contribution in [0.1, 0.15) is 12.0 Å². The maximum absolute atomic E-state index is 5.72. The molecule has 1 aromatic carbocycles. The summed E-state index contributed by atoms with van der Waals surface area (Å²) in [6, 6.07) is 9.94. The van der Waals surface area contributed by atoms with E-state index in [0.29, 0.717) is 11.5 Å². The molecule has 13 heavy (non-hydrogen) atoms. The summed E-state index contributed by atoms with van der Waals surface area (Å²) in [5.41, 5.74) is 4.95. The van der Waals surface area contributed by atoms with Crippen molar-refractivity contribution >= 4 is 17.2 Å². The highest BCUT2D eigenvalue weighted by atomic mass is 35.5. The minimum absolute atomic E-state index is 0.606. The van der Waals surface area contributed by atoms with Crippen LogP contribution < -0.4 is 0 Å². The first kappa shape index (κ1) is 9.85. The molecule has 0 aromatic heterocycles. The molecule has 0 heterocycles. The van der Waals surface area contributed by atoms with Gasteiger partial charge in [0.2, 0.25) is 0 Å². The van der Waals surface area contributed by atoms with Gasteiger partial charge >= 0.3 is 0 Å². The van der Waals surface area contributed by atoms with Gasteiger partial charge in [0, 0.05) is 17.0 Å². The summed E-state index contributed by atoms with van der Waals surface area (Å²) in [5, 5.41) is 0.606. The van der Waals surface area contributed by atoms with Crippen LogP contribution in [-0.4, -0.2) is 0 Å². The fourth-order valence-electron chi connectivity index (χ4n) is 1.10. The van der Waals surface area contributed by atoms with Crippen LogP contribution in [0.4, 0.5) is 0 Å². The Balaban J connectivity index is 2.93. The first-order valence-corrected chi connectivity index (χ1v) is 4.39. The van der Waals surface area contributed by atoms with Gasteiger partial charge in [-0.3, -0.25) is 0 Å². The highest BCUT2D eigenvalue weighted by molar-refractivity contribution is 6.29. The summed E-state index contributed by atoms with van der Waals surface area (Å²) >= 11 is 5.72. The highest BCUT2D eigenvalue weighted by Crippen LogP contribution is 2.21. The van der Waals surface area contributed by atoms with Crippen molar-refractivity contribution in [2.75, 3.05) is 0 Å². The molecule has 0 N–H and O–H groups in total. The molecule has 1 rings (SSSR count). The number of allylic oxidation sites excluding steroid dienone is 2. The summed E-state index contributed by atoms with van der Waals surface area (Å²) in [5.74, 6) is 0. The molecule has 0 nitrogen and oxygen atoms in total. The van der Waals surface area contributed by atoms with Gasteiger partial charge in [0.15, 0.2) is 0 Å². The van der Waals surface area contributed by atoms with Gasteiger partial charge in [0.25, 0.3) is 0 Å². The molecule has 0 fully saturated rings. The lowest BCUT2D eigenvalue weighted by molar-refractivity contribution is 1.37. The fraction of sp³-hybridized carbons (Fsp3) is 0.0833. The average molecular weight is 191 g/mol. The van der Waals surface area contributed by atoms with Gasteiger partial charge in [-0.1, -0.05) is 55.1 Å². The van der Waals surface area contributed by atoms with Gasteiger partial charge in [0.05, 0.1) is 0 Å². The predicted molar refractivity (Wildman–Crippen MR) is 58.6 cm³/mol. The molecule has 0 atom stereocenters. The normalized spacial score (nSPS) is 9.00. The Labute approximate surface area is 83.9 Å². The zero-order valence-electron chi connectivity index (χ0n) is 7.39. The third-order valence-corrected chi connectivity index (χ3v) is 1.84. The van der Waals surface area contributed by atoms with Crippen molar-refractivity contribution in [3.8, 4) is 0 Å². The van der Waals surface area contributed by atoms with Gasteiger partial charge in [-0.05, 0) is 5.56 Å². The van der Waals surface area contributed by atoms with Crippen LogP contribution in [-0.2, 0) is 0 Å². The van der Waals surface area contributed by atoms with Crippen LogP contribution >= 0.6 is 11.6 Å². The summed E-state index contributed by atoms with van der Waals surface area (Å²) < 4.78 is 0. The summed E-state index contributed by atoms with van der Waals surface area (Å²) in [7, 11) is 0. The Morgan fingerprint density at radius 2 is 1.92 bits per heavy atom. The molecule has 0 saturated carbocycles. The molecule has 1 heteroatoms. The molecule has 0 saturated heterocycles. The topological polar surface area (TPSA) is 0 Å². The third-order valence-electron chi connectivity index (χ3n) is 1.70. The first-order valence-electron chi connectivity index (χ1n) is 4.01. The summed E-state index contributed by atoms with van der Waals surface area (Å²) in [6.45, 7) is 7.27. The van der Waals surface area contributed by atoms with E-state index in [1.54, 1.807) is 0 Å². The van der Waals surface area contributed by atoms with Crippen molar-refractivity contribution in [2.45, 2.75) is 6.42 Å². The molecular weight excluding hydrogens is 180 g/mol. The molecule has 0 bridgehead atoms. The van der Waals surface area contributed by atoms with Gasteiger partial charge in [-0.25, -0.2) is 0 Å². The van der Waals surface area contributed by atoms with Crippen molar-refractivity contribution in [3.63, 3.8) is 0 Å². The van der Waals surface area contributed by atoms with Crippen molar-refractivity contribution < 1.29 is 0 Å². The van der Waals surface area contributed by atoms with E-state index in [1.807, 2.05) is 30.3 Å². The molecule has 0 spiro atoms. The Morgan fingerprint density at radius 1 is 1.31 bits per heavy atom. The Bertz CT molecular complexity index is 343. The lowest BCUT2D eigenvalue weighted by Crippen LogP contribution is -1.82. The Hall–Kier alpha value is -1.23. The maximum Gasteiger partial charge on any atom is 0.0159 e. The fourth-order valence-corrected chi connectivity index (χ4v) is 1.23. The lowest BCUT2D eigenvalue weighted by atomic mass is 10.0. The minimum atomic E-state index is 0.606. The Morgan fingerprint density at radius 3 is 2.38 bits per heavy atom. The molecular formula is C12H11Cl. The van der Waals surface area contributed by atoms with Gasteiger partial charge in [0.1, 0.15) is 0 Å². The summed E-state index contributed by atoms with van der Waals surface area (Å²) in [6.07, 6.45) is 0.620. The minimum Gasteiger partial charge on any atom is -0.124 e. The molecule has 0 amide bonds. The number of hydrogen-bond donors (Lipinski definition) is 0. The second-order valence-corrected chi connectivity index (χ2v) is 3.25. The van der Waals surface area contributed by atoms with E-state index < -0.39 is 0 Å². The van der Waals surface area contributed by atoms with E-state index in [9.17, 15) is 0 Å². The molecule has 66 valence electrons. The monoisotopic (exact) mass is 190 g/mol. The van der Waals surface area contributed by atoms with Crippen molar-refractivity contribution in [1.29, 1.82) is 0 Å². The Kier molecular flexibility index (Phi) is 3.57. The van der Waals surface area contributed by atoms with Crippen LogP contribution in [0.2, 0.25) is 0 Å². The van der Waals surface area contributed by atoms with E-state index in [0.717, 1.165) is 11.1 Å². The van der Waals surface area contributed by atoms with E-state index in [2.05, 4.69) is 18.9 Å². The number of hydrogen-bond acceptors (Lipinski definition) is 0. The SMILES string of the molecule is C=C=C(CC(=C)Cl)c1ccccc1. The van der Waals surface area contributed by atoms with Crippen molar-refractivity contribution in [1.82, 2.24) is 0 Å². The first-order chi connectivity index (χ1) is 6.24. The molecule has 0 aliphatic rings. The van der Waals surface area contributed by atoms with E-state index in [-0.39, 0.29) is 0 Å². The van der Waals surface area contributed by atoms with Gasteiger partial charge in [-0.2, -0.15) is 0 Å². The highest BCUT2D eigenvalue weighted by Gasteiger charge is 2.00. The van der Waals surface area contributed by atoms with Gasteiger partial charge < -0.3 is 0 Å². The molecule has 0 aliphatic heterocycles. The quantitative estimate of drug-likeness (QED) is 0.633. The molecule has 0 aliphatic carbocycles.